The number of nitrogens with two attached hydrogens (primary N) is 1. The number of hydrogen-bond donors (Lipinski definition) is 1. The van der Waals surface area contributed by atoms with Crippen molar-refractivity contribution < 1.29 is 4.79 Å². The summed E-state index contributed by atoms with van der Waals surface area (Å²) in [5.74, 6) is 2.31. The molecule has 2 unspecified atom stereocenters. The van der Waals surface area contributed by atoms with Gasteiger partial charge >= 0.3 is 0 Å². The van der Waals surface area contributed by atoms with Crippen LogP contribution in [0.4, 0.5) is 0 Å². The van der Waals surface area contributed by atoms with Crippen LogP contribution in [-0.2, 0) is 10.2 Å². The largest absolute Gasteiger partial charge is 0.342 e. The third kappa shape index (κ3) is 3.21. The monoisotopic (exact) mass is 442 g/mol. The zero-order chi connectivity index (χ0) is 22.1. The van der Waals surface area contributed by atoms with Gasteiger partial charge in [-0.2, -0.15) is 0 Å². The Labute approximate surface area is 193 Å². The molecule has 1 aliphatic heterocycles. The Bertz CT molecular complexity index is 834. The summed E-state index contributed by atoms with van der Waals surface area (Å²) in [7, 11) is 0. The number of benzene rings is 1. The summed E-state index contributed by atoms with van der Waals surface area (Å²) in [6, 6.07) is 11.3. The summed E-state index contributed by atoms with van der Waals surface area (Å²) < 4.78 is 0. The zero-order valence-corrected chi connectivity index (χ0v) is 20.3. The average Bonchev–Trinajstić information content (AvgIpc) is 2.74. The highest BCUT2D eigenvalue weighted by Crippen LogP contribution is 2.72. The van der Waals surface area contributed by atoms with Crippen molar-refractivity contribution in [3.63, 3.8) is 0 Å². The lowest BCUT2D eigenvalue weighted by Gasteiger charge is -2.69. The molecule has 1 aromatic rings. The van der Waals surface area contributed by atoms with Crippen molar-refractivity contribution in [2.45, 2.75) is 77.2 Å². The van der Waals surface area contributed by atoms with E-state index in [0.717, 1.165) is 51.1 Å². The number of halogens is 1. The minimum absolute atomic E-state index is 0.0134. The summed E-state index contributed by atoms with van der Waals surface area (Å²) in [4.78, 5) is 16.4. The maximum absolute atomic E-state index is 14.2. The Balaban J connectivity index is 1.52. The molecule has 0 radical (unpaired) electrons. The molecule has 1 aromatic carbocycles. The number of likely N-dealkylation sites (tertiary alicyclic amines) is 1. The molecule has 1 saturated heterocycles. The van der Waals surface area contributed by atoms with Crippen molar-refractivity contribution in [3.8, 4) is 0 Å². The molecule has 0 aromatic heterocycles. The van der Waals surface area contributed by atoms with Crippen LogP contribution in [0.3, 0.4) is 0 Å². The van der Waals surface area contributed by atoms with Gasteiger partial charge in [0, 0.05) is 25.0 Å². The summed E-state index contributed by atoms with van der Waals surface area (Å²) in [5.41, 5.74) is 8.05. The first-order valence-corrected chi connectivity index (χ1v) is 12.8. The molecule has 3 nitrogen and oxygen atoms in total. The van der Waals surface area contributed by atoms with Gasteiger partial charge in [0.2, 0.25) is 5.91 Å². The Morgan fingerprint density at radius 3 is 2.32 bits per heavy atom. The Kier molecular flexibility index (Phi) is 5.07. The van der Waals surface area contributed by atoms with Crippen molar-refractivity contribution in [3.05, 3.63) is 35.9 Å². The van der Waals surface area contributed by atoms with Gasteiger partial charge in [-0.3, -0.25) is 4.79 Å². The number of amides is 1. The SMILES string of the molecule is CC1(CCCl)C2CC3(C(=O)N4CC[C@H](N)C(C)(C)C4)CC1CC(c1ccccc1)(C2)C3. The lowest BCUT2D eigenvalue weighted by Crippen LogP contribution is -2.66. The van der Waals surface area contributed by atoms with E-state index in [1.165, 1.54) is 18.4 Å². The molecule has 4 aliphatic carbocycles. The number of carbonyl (C=O) groups is 1. The van der Waals surface area contributed by atoms with Crippen molar-refractivity contribution >= 4 is 17.5 Å². The Morgan fingerprint density at radius 1 is 1.10 bits per heavy atom. The van der Waals surface area contributed by atoms with E-state index in [9.17, 15) is 4.79 Å². The van der Waals surface area contributed by atoms with Gasteiger partial charge in [-0.1, -0.05) is 51.1 Å². The third-order valence-electron chi connectivity index (χ3n) is 10.2. The van der Waals surface area contributed by atoms with E-state index in [1.54, 1.807) is 0 Å². The zero-order valence-electron chi connectivity index (χ0n) is 19.5. The number of hydrogen-bond acceptors (Lipinski definition) is 2. The molecule has 1 heterocycles. The molecule has 6 rings (SSSR count). The van der Waals surface area contributed by atoms with Gasteiger partial charge in [0.05, 0.1) is 5.41 Å². The Hall–Kier alpha value is -1.06. The second kappa shape index (κ2) is 7.22. The number of nitrogens with zero attached hydrogens (tertiary/aromatic N) is 1. The highest BCUT2D eigenvalue weighted by atomic mass is 35.5. The molecule has 3 atom stereocenters. The molecule has 4 bridgehead atoms. The van der Waals surface area contributed by atoms with Gasteiger partial charge in [-0.15, -0.1) is 11.6 Å². The highest BCUT2D eigenvalue weighted by Gasteiger charge is 2.67. The van der Waals surface area contributed by atoms with E-state index in [1.807, 2.05) is 0 Å². The molecule has 1 amide bonds. The van der Waals surface area contributed by atoms with Crippen molar-refractivity contribution in [2.75, 3.05) is 19.0 Å². The quantitative estimate of drug-likeness (QED) is 0.638. The van der Waals surface area contributed by atoms with Crippen LogP contribution in [0, 0.1) is 28.1 Å². The van der Waals surface area contributed by atoms with Crippen molar-refractivity contribution in [2.24, 2.45) is 33.8 Å². The normalized spacial score (nSPS) is 43.3. The van der Waals surface area contributed by atoms with E-state index in [2.05, 4.69) is 56.0 Å². The van der Waals surface area contributed by atoms with Gasteiger partial charge in [-0.25, -0.2) is 0 Å². The molecule has 0 spiro atoms. The first-order valence-electron chi connectivity index (χ1n) is 12.3. The molecule has 31 heavy (non-hydrogen) atoms. The maximum Gasteiger partial charge on any atom is 0.228 e. The maximum atomic E-state index is 14.2. The molecule has 5 fully saturated rings. The van der Waals surface area contributed by atoms with Crippen LogP contribution in [-0.4, -0.2) is 35.8 Å². The molecule has 2 N–H and O–H groups in total. The summed E-state index contributed by atoms with van der Waals surface area (Å²) in [6.07, 6.45) is 7.54. The van der Waals surface area contributed by atoms with Crippen LogP contribution in [0.15, 0.2) is 30.3 Å². The second-order valence-corrected chi connectivity index (χ2v) is 12.7. The predicted molar refractivity (Wildman–Crippen MR) is 127 cm³/mol. The molecular formula is C27H39ClN2O. The predicted octanol–water partition coefficient (Wildman–Crippen LogP) is 5.36. The van der Waals surface area contributed by atoms with Crippen LogP contribution in [0.1, 0.15) is 71.3 Å². The minimum Gasteiger partial charge on any atom is -0.342 e. The fraction of sp³-hybridized carbons (Fsp3) is 0.741. The molecule has 4 heteroatoms. The average molecular weight is 443 g/mol. The van der Waals surface area contributed by atoms with Crippen LogP contribution in [0.5, 0.6) is 0 Å². The van der Waals surface area contributed by atoms with E-state index >= 15 is 0 Å². The summed E-state index contributed by atoms with van der Waals surface area (Å²) in [6.45, 7) is 8.53. The van der Waals surface area contributed by atoms with E-state index in [0.29, 0.717) is 17.7 Å². The lowest BCUT2D eigenvalue weighted by atomic mass is 9.36. The third-order valence-corrected chi connectivity index (χ3v) is 10.4. The number of piperidine rings is 1. The fourth-order valence-electron chi connectivity index (χ4n) is 8.27. The summed E-state index contributed by atoms with van der Waals surface area (Å²) in [5, 5.41) is 0. The highest BCUT2D eigenvalue weighted by molar-refractivity contribution is 6.17. The van der Waals surface area contributed by atoms with Gasteiger partial charge in [-0.05, 0) is 78.6 Å². The smallest absolute Gasteiger partial charge is 0.228 e. The number of rotatable bonds is 4. The van der Waals surface area contributed by atoms with Crippen LogP contribution in [0.2, 0.25) is 0 Å². The van der Waals surface area contributed by atoms with Gasteiger partial charge in [0.1, 0.15) is 0 Å². The second-order valence-electron chi connectivity index (χ2n) is 12.4. The van der Waals surface area contributed by atoms with E-state index < -0.39 is 0 Å². The van der Waals surface area contributed by atoms with E-state index in [-0.39, 0.29) is 27.7 Å². The summed E-state index contributed by atoms with van der Waals surface area (Å²) >= 11 is 6.31. The number of alkyl halides is 1. The van der Waals surface area contributed by atoms with Crippen LogP contribution in [0.25, 0.3) is 0 Å². The van der Waals surface area contributed by atoms with Crippen LogP contribution < -0.4 is 5.73 Å². The number of carbonyl (C=O) groups excluding carboxylic acids is 1. The Morgan fingerprint density at radius 2 is 1.74 bits per heavy atom. The van der Waals surface area contributed by atoms with Crippen molar-refractivity contribution in [1.29, 1.82) is 0 Å². The lowest BCUT2D eigenvalue weighted by molar-refractivity contribution is -0.186. The van der Waals surface area contributed by atoms with E-state index in [4.69, 9.17) is 17.3 Å². The molecule has 5 aliphatic rings. The van der Waals surface area contributed by atoms with Crippen molar-refractivity contribution in [1.82, 2.24) is 4.90 Å². The topological polar surface area (TPSA) is 46.3 Å². The minimum atomic E-state index is -0.203. The first-order chi connectivity index (χ1) is 14.6. The van der Waals surface area contributed by atoms with Crippen LogP contribution >= 0.6 is 11.6 Å². The van der Waals surface area contributed by atoms with Gasteiger partial charge in [0.25, 0.3) is 0 Å². The molecular weight excluding hydrogens is 404 g/mol. The van der Waals surface area contributed by atoms with Gasteiger partial charge < -0.3 is 10.6 Å². The molecule has 4 saturated carbocycles. The first kappa shape index (κ1) is 21.8. The standard InChI is InChI=1S/C27H39ClN2O/c1-24(2)18-30(12-9-22(24)29)23(31)27-15-20-13-26(17-27,19-7-5-4-6-8-19)14-21(16-27)25(20,3)10-11-28/h4-8,20-22H,9-18,29H2,1-3H3/t20?,21?,22-,25?,26?,27?/m0/s1. The molecule has 170 valence electrons. The fourth-order valence-corrected chi connectivity index (χ4v) is 8.68. The van der Waals surface area contributed by atoms with Gasteiger partial charge in [0.15, 0.2) is 0 Å².